The number of unbranched alkanes of at least 4 members (excludes halogenated alkanes) is 1. The number of ketones is 1. The lowest BCUT2D eigenvalue weighted by Crippen LogP contribution is -2.29. The molecular weight excluding hydrogens is 240 g/mol. The summed E-state index contributed by atoms with van der Waals surface area (Å²) in [4.78, 5) is 22.8. The number of hydrogen-bond acceptors (Lipinski definition) is 2. The van der Waals surface area contributed by atoms with Crippen LogP contribution < -0.4 is 5.32 Å². The Kier molecular flexibility index (Phi) is 5.42. The molecule has 0 radical (unpaired) electrons. The molecule has 98 valence electrons. The second-order valence-electron chi connectivity index (χ2n) is 3.93. The van der Waals surface area contributed by atoms with Crippen molar-refractivity contribution in [1.82, 2.24) is 5.32 Å². The Hall–Kier alpha value is -1.78. The van der Waals surface area contributed by atoms with Gasteiger partial charge in [-0.2, -0.15) is 0 Å². The van der Waals surface area contributed by atoms with E-state index >= 15 is 0 Å². The van der Waals surface area contributed by atoms with Crippen LogP contribution in [-0.4, -0.2) is 18.2 Å². The molecule has 1 N–H and O–H groups in total. The van der Waals surface area contributed by atoms with Gasteiger partial charge in [-0.3, -0.25) is 9.59 Å². The molecule has 0 aliphatic rings. The molecule has 1 rings (SSSR count). The summed E-state index contributed by atoms with van der Waals surface area (Å²) in [6.45, 7) is 1.76. The number of nitrogens with one attached hydrogen (secondary N) is 1. The molecule has 1 amide bonds. The normalized spacial score (nSPS) is 10.2. The molecule has 0 fully saturated rings. The van der Waals surface area contributed by atoms with E-state index in [4.69, 9.17) is 0 Å². The number of Topliss-reactive ketones (excluding diaryl/α,β-unsaturated/α-hetero) is 1. The van der Waals surface area contributed by atoms with Crippen LogP contribution in [0.25, 0.3) is 0 Å². The molecule has 5 heteroatoms. The van der Waals surface area contributed by atoms with E-state index in [1.165, 1.54) is 6.07 Å². The van der Waals surface area contributed by atoms with Gasteiger partial charge in [-0.05, 0) is 24.6 Å². The molecule has 0 aliphatic carbocycles. The Labute approximate surface area is 104 Å². The summed E-state index contributed by atoms with van der Waals surface area (Å²) in [6.07, 6.45) is 2.01. The van der Waals surface area contributed by atoms with Crippen molar-refractivity contribution in [3.8, 4) is 0 Å². The average molecular weight is 255 g/mol. The van der Waals surface area contributed by atoms with Crippen molar-refractivity contribution in [3.05, 3.63) is 35.4 Å². The van der Waals surface area contributed by atoms with E-state index in [9.17, 15) is 18.4 Å². The highest BCUT2D eigenvalue weighted by atomic mass is 19.2. The standard InChI is InChI=1S/C13H15F2NO2/c1-2-3-4-13(18)16-8-12(17)9-5-6-10(14)11(15)7-9/h5-7H,2-4,8H2,1H3,(H,16,18). The summed E-state index contributed by atoms with van der Waals surface area (Å²) in [7, 11) is 0. The van der Waals surface area contributed by atoms with Crippen molar-refractivity contribution in [1.29, 1.82) is 0 Å². The van der Waals surface area contributed by atoms with Crippen molar-refractivity contribution < 1.29 is 18.4 Å². The Balaban J connectivity index is 2.50. The molecule has 0 aromatic heterocycles. The lowest BCUT2D eigenvalue weighted by molar-refractivity contribution is -0.121. The van der Waals surface area contributed by atoms with Crippen LogP contribution in [0.1, 0.15) is 36.5 Å². The first-order chi connectivity index (χ1) is 8.54. The molecular formula is C13H15F2NO2. The molecule has 1 aromatic rings. The lowest BCUT2D eigenvalue weighted by atomic mass is 10.1. The third-order valence-corrected chi connectivity index (χ3v) is 2.45. The fourth-order valence-electron chi connectivity index (χ4n) is 1.38. The average Bonchev–Trinajstić information content (AvgIpc) is 2.36. The van der Waals surface area contributed by atoms with Gasteiger partial charge in [0.1, 0.15) is 0 Å². The van der Waals surface area contributed by atoms with Crippen molar-refractivity contribution in [2.24, 2.45) is 0 Å². The van der Waals surface area contributed by atoms with Gasteiger partial charge in [0.25, 0.3) is 0 Å². The van der Waals surface area contributed by atoms with E-state index < -0.39 is 17.4 Å². The number of hydrogen-bond donors (Lipinski definition) is 1. The predicted octanol–water partition coefficient (Wildman–Crippen LogP) is 2.45. The number of carbonyl (C=O) groups is 2. The molecule has 0 aliphatic heterocycles. The first-order valence-electron chi connectivity index (χ1n) is 5.79. The summed E-state index contributed by atoms with van der Waals surface area (Å²) in [5.74, 6) is -2.73. The van der Waals surface area contributed by atoms with Crippen LogP contribution in [0.15, 0.2) is 18.2 Å². The highest BCUT2D eigenvalue weighted by Crippen LogP contribution is 2.09. The number of benzene rings is 1. The zero-order valence-corrected chi connectivity index (χ0v) is 10.1. The predicted molar refractivity (Wildman–Crippen MR) is 63.2 cm³/mol. The van der Waals surface area contributed by atoms with E-state index in [0.29, 0.717) is 6.42 Å². The second kappa shape index (κ2) is 6.83. The van der Waals surface area contributed by atoms with Gasteiger partial charge in [-0.25, -0.2) is 8.78 Å². The number of rotatable bonds is 6. The minimum Gasteiger partial charge on any atom is -0.349 e. The monoisotopic (exact) mass is 255 g/mol. The highest BCUT2D eigenvalue weighted by Gasteiger charge is 2.10. The van der Waals surface area contributed by atoms with Gasteiger partial charge in [0.05, 0.1) is 6.54 Å². The van der Waals surface area contributed by atoms with Gasteiger partial charge < -0.3 is 5.32 Å². The van der Waals surface area contributed by atoms with E-state index in [2.05, 4.69) is 5.32 Å². The van der Waals surface area contributed by atoms with Gasteiger partial charge in [0.2, 0.25) is 5.91 Å². The van der Waals surface area contributed by atoms with Gasteiger partial charge in [0, 0.05) is 12.0 Å². The highest BCUT2D eigenvalue weighted by molar-refractivity contribution is 5.99. The SMILES string of the molecule is CCCCC(=O)NCC(=O)c1ccc(F)c(F)c1. The van der Waals surface area contributed by atoms with Crippen LogP contribution in [0.4, 0.5) is 8.78 Å². The molecule has 0 spiro atoms. The second-order valence-corrected chi connectivity index (χ2v) is 3.93. The van der Waals surface area contributed by atoms with Crippen molar-refractivity contribution in [2.45, 2.75) is 26.2 Å². The summed E-state index contributed by atoms with van der Waals surface area (Å²) in [6, 6.07) is 2.91. The fraction of sp³-hybridized carbons (Fsp3) is 0.385. The maximum atomic E-state index is 12.9. The molecule has 18 heavy (non-hydrogen) atoms. The van der Waals surface area contributed by atoms with Gasteiger partial charge >= 0.3 is 0 Å². The minimum absolute atomic E-state index is 0.0460. The molecule has 0 heterocycles. The van der Waals surface area contributed by atoms with Crippen LogP contribution in [0.5, 0.6) is 0 Å². The molecule has 0 saturated carbocycles. The minimum atomic E-state index is -1.07. The fourth-order valence-corrected chi connectivity index (χ4v) is 1.38. The van der Waals surface area contributed by atoms with Crippen molar-refractivity contribution in [3.63, 3.8) is 0 Å². The Morgan fingerprint density at radius 1 is 1.22 bits per heavy atom. The van der Waals surface area contributed by atoms with Crippen LogP contribution >= 0.6 is 0 Å². The van der Waals surface area contributed by atoms with Crippen molar-refractivity contribution >= 4 is 11.7 Å². The number of carbonyl (C=O) groups excluding carboxylic acids is 2. The topological polar surface area (TPSA) is 46.2 Å². The van der Waals surface area contributed by atoms with Gasteiger partial charge in [0.15, 0.2) is 17.4 Å². The van der Waals surface area contributed by atoms with E-state index in [-0.39, 0.29) is 18.0 Å². The molecule has 3 nitrogen and oxygen atoms in total. The number of amides is 1. The third kappa shape index (κ3) is 4.24. The van der Waals surface area contributed by atoms with E-state index in [1.807, 2.05) is 6.92 Å². The zero-order chi connectivity index (χ0) is 13.5. The molecule has 0 bridgehead atoms. The Morgan fingerprint density at radius 2 is 1.94 bits per heavy atom. The Morgan fingerprint density at radius 3 is 2.56 bits per heavy atom. The summed E-state index contributed by atoms with van der Waals surface area (Å²) in [5, 5.41) is 2.45. The van der Waals surface area contributed by atoms with E-state index in [0.717, 1.165) is 25.0 Å². The number of halogens is 2. The maximum absolute atomic E-state index is 12.9. The van der Waals surface area contributed by atoms with Crippen LogP contribution in [0.2, 0.25) is 0 Å². The van der Waals surface area contributed by atoms with Gasteiger partial charge in [-0.1, -0.05) is 13.3 Å². The van der Waals surface area contributed by atoms with E-state index in [1.54, 1.807) is 0 Å². The van der Waals surface area contributed by atoms with Crippen LogP contribution in [0.3, 0.4) is 0 Å². The first kappa shape index (κ1) is 14.3. The quantitative estimate of drug-likeness (QED) is 0.794. The molecule has 0 saturated heterocycles. The first-order valence-corrected chi connectivity index (χ1v) is 5.79. The van der Waals surface area contributed by atoms with Gasteiger partial charge in [-0.15, -0.1) is 0 Å². The molecule has 0 atom stereocenters. The maximum Gasteiger partial charge on any atom is 0.220 e. The smallest absolute Gasteiger partial charge is 0.220 e. The third-order valence-electron chi connectivity index (χ3n) is 2.45. The van der Waals surface area contributed by atoms with Crippen molar-refractivity contribution in [2.75, 3.05) is 6.54 Å². The Bertz CT molecular complexity index is 447. The summed E-state index contributed by atoms with van der Waals surface area (Å²) >= 11 is 0. The molecule has 1 aromatic carbocycles. The largest absolute Gasteiger partial charge is 0.349 e. The van der Waals surface area contributed by atoms with Crippen LogP contribution in [-0.2, 0) is 4.79 Å². The van der Waals surface area contributed by atoms with Crippen LogP contribution in [0, 0.1) is 11.6 Å². The summed E-state index contributed by atoms with van der Waals surface area (Å²) in [5.41, 5.74) is 0.0460. The zero-order valence-electron chi connectivity index (χ0n) is 10.1. The lowest BCUT2D eigenvalue weighted by Gasteiger charge is -2.04. The summed E-state index contributed by atoms with van der Waals surface area (Å²) < 4.78 is 25.5. The molecule has 0 unspecified atom stereocenters.